The van der Waals surface area contributed by atoms with E-state index in [9.17, 15) is 10.1 Å². The lowest BCUT2D eigenvalue weighted by Crippen LogP contribution is -2.17. The summed E-state index contributed by atoms with van der Waals surface area (Å²) < 4.78 is 11.0. The first-order valence-corrected chi connectivity index (χ1v) is 9.52. The Morgan fingerprint density at radius 2 is 1.82 bits per heavy atom. The largest absolute Gasteiger partial charge is 0.486 e. The SMILES string of the molecule is N#CC(=Cc1ccc(-c2ccccc2)s1)C(=O)Nc1ccc2c(c1)OCCO2. The Kier molecular flexibility index (Phi) is 5.09. The molecule has 6 heteroatoms. The van der Waals surface area contributed by atoms with Gasteiger partial charge in [0.2, 0.25) is 0 Å². The van der Waals surface area contributed by atoms with Crippen LogP contribution in [0, 0.1) is 11.3 Å². The van der Waals surface area contributed by atoms with Crippen molar-refractivity contribution in [1.29, 1.82) is 5.26 Å². The first kappa shape index (κ1) is 17.8. The fraction of sp³-hybridized carbons (Fsp3) is 0.0909. The van der Waals surface area contributed by atoms with Crippen LogP contribution in [0.25, 0.3) is 16.5 Å². The van der Waals surface area contributed by atoms with Crippen LogP contribution in [-0.4, -0.2) is 19.1 Å². The maximum atomic E-state index is 12.5. The van der Waals surface area contributed by atoms with Crippen molar-refractivity contribution >= 4 is 29.0 Å². The Morgan fingerprint density at radius 3 is 2.61 bits per heavy atom. The van der Waals surface area contributed by atoms with Gasteiger partial charge in [0.05, 0.1) is 0 Å². The summed E-state index contributed by atoms with van der Waals surface area (Å²) in [5.74, 6) is 0.762. The van der Waals surface area contributed by atoms with Crippen molar-refractivity contribution in [1.82, 2.24) is 0 Å². The lowest BCUT2D eigenvalue weighted by atomic mass is 10.2. The van der Waals surface area contributed by atoms with E-state index >= 15 is 0 Å². The average molecular weight is 388 g/mol. The molecule has 0 fully saturated rings. The molecule has 0 bridgehead atoms. The normalized spacial score (nSPS) is 12.9. The number of nitrogens with one attached hydrogen (secondary N) is 1. The van der Waals surface area contributed by atoms with Gasteiger partial charge >= 0.3 is 0 Å². The summed E-state index contributed by atoms with van der Waals surface area (Å²) >= 11 is 1.53. The van der Waals surface area contributed by atoms with Gasteiger partial charge < -0.3 is 14.8 Å². The van der Waals surface area contributed by atoms with E-state index in [1.54, 1.807) is 24.3 Å². The number of hydrogen-bond donors (Lipinski definition) is 1. The molecule has 1 N–H and O–H groups in total. The molecule has 0 atom stereocenters. The lowest BCUT2D eigenvalue weighted by Gasteiger charge is -2.18. The third kappa shape index (κ3) is 3.90. The molecule has 0 aliphatic carbocycles. The number of amides is 1. The summed E-state index contributed by atoms with van der Waals surface area (Å²) in [7, 11) is 0. The van der Waals surface area contributed by atoms with Crippen molar-refractivity contribution < 1.29 is 14.3 Å². The molecule has 1 aliphatic rings. The summed E-state index contributed by atoms with van der Waals surface area (Å²) in [6.07, 6.45) is 1.60. The first-order chi connectivity index (χ1) is 13.7. The van der Waals surface area contributed by atoms with Gasteiger partial charge in [0.15, 0.2) is 11.5 Å². The molecule has 1 aliphatic heterocycles. The van der Waals surface area contributed by atoms with E-state index in [1.165, 1.54) is 11.3 Å². The quantitative estimate of drug-likeness (QED) is 0.518. The maximum Gasteiger partial charge on any atom is 0.266 e. The number of thiophene rings is 1. The van der Waals surface area contributed by atoms with E-state index < -0.39 is 5.91 Å². The molecular formula is C22H16N2O3S. The molecule has 138 valence electrons. The van der Waals surface area contributed by atoms with Gasteiger partial charge in [-0.15, -0.1) is 11.3 Å². The number of carbonyl (C=O) groups excluding carboxylic acids is 1. The van der Waals surface area contributed by atoms with Crippen molar-refractivity contribution in [3.8, 4) is 28.0 Å². The highest BCUT2D eigenvalue weighted by atomic mass is 32.1. The second-order valence-corrected chi connectivity index (χ2v) is 7.17. The number of rotatable bonds is 4. The fourth-order valence-electron chi connectivity index (χ4n) is 2.80. The monoisotopic (exact) mass is 388 g/mol. The summed E-state index contributed by atoms with van der Waals surface area (Å²) in [6.45, 7) is 0.974. The Hall–Kier alpha value is -3.56. The van der Waals surface area contributed by atoms with Crippen molar-refractivity contribution in [2.45, 2.75) is 0 Å². The minimum absolute atomic E-state index is 0.0383. The number of benzene rings is 2. The summed E-state index contributed by atoms with van der Waals surface area (Å²) in [4.78, 5) is 14.4. The second-order valence-electron chi connectivity index (χ2n) is 6.05. The highest BCUT2D eigenvalue weighted by Gasteiger charge is 2.15. The molecule has 28 heavy (non-hydrogen) atoms. The molecule has 1 amide bonds. The molecule has 5 nitrogen and oxygen atoms in total. The molecule has 0 saturated carbocycles. The highest BCUT2D eigenvalue weighted by Crippen LogP contribution is 2.33. The Balaban J connectivity index is 1.51. The third-order valence-corrected chi connectivity index (χ3v) is 5.22. The third-order valence-electron chi connectivity index (χ3n) is 4.14. The average Bonchev–Trinajstić information content (AvgIpc) is 3.21. The van der Waals surface area contributed by atoms with E-state index in [2.05, 4.69) is 5.32 Å². The van der Waals surface area contributed by atoms with Crippen molar-refractivity contribution in [2.24, 2.45) is 0 Å². The zero-order valence-corrected chi connectivity index (χ0v) is 15.7. The zero-order valence-electron chi connectivity index (χ0n) is 14.8. The first-order valence-electron chi connectivity index (χ1n) is 8.71. The van der Waals surface area contributed by atoms with Crippen LogP contribution >= 0.6 is 11.3 Å². The van der Waals surface area contributed by atoms with Crippen LogP contribution in [0.4, 0.5) is 5.69 Å². The van der Waals surface area contributed by atoms with E-state index in [-0.39, 0.29) is 5.57 Å². The summed E-state index contributed by atoms with van der Waals surface area (Å²) in [5.41, 5.74) is 1.69. The number of nitriles is 1. The van der Waals surface area contributed by atoms with E-state index in [0.29, 0.717) is 30.4 Å². The number of carbonyl (C=O) groups is 1. The van der Waals surface area contributed by atoms with Crippen molar-refractivity contribution in [3.05, 3.63) is 71.1 Å². The number of fused-ring (bicyclic) bond motifs is 1. The van der Waals surface area contributed by atoms with Crippen LogP contribution in [-0.2, 0) is 4.79 Å². The second kappa shape index (κ2) is 7.99. The smallest absolute Gasteiger partial charge is 0.266 e. The number of ether oxygens (including phenoxy) is 2. The fourth-order valence-corrected chi connectivity index (χ4v) is 3.76. The molecule has 4 rings (SSSR count). The highest BCUT2D eigenvalue weighted by molar-refractivity contribution is 7.16. The maximum absolute atomic E-state index is 12.5. The molecule has 0 unspecified atom stereocenters. The predicted molar refractivity (Wildman–Crippen MR) is 109 cm³/mol. The zero-order chi connectivity index (χ0) is 19.3. The van der Waals surface area contributed by atoms with Gasteiger partial charge in [0.25, 0.3) is 5.91 Å². The number of nitrogens with zero attached hydrogens (tertiary/aromatic N) is 1. The molecule has 2 heterocycles. The van der Waals surface area contributed by atoms with E-state index in [0.717, 1.165) is 15.3 Å². The Bertz CT molecular complexity index is 1080. The van der Waals surface area contributed by atoms with Crippen molar-refractivity contribution in [3.63, 3.8) is 0 Å². The number of hydrogen-bond acceptors (Lipinski definition) is 5. The molecule has 3 aromatic rings. The van der Waals surface area contributed by atoms with Gasteiger partial charge in [-0.3, -0.25) is 4.79 Å². The summed E-state index contributed by atoms with van der Waals surface area (Å²) in [5, 5.41) is 12.2. The minimum atomic E-state index is -0.464. The molecule has 0 spiro atoms. The van der Waals surface area contributed by atoms with Crippen LogP contribution in [0.15, 0.2) is 66.2 Å². The van der Waals surface area contributed by atoms with Crippen LogP contribution in [0.3, 0.4) is 0 Å². The number of anilines is 1. The van der Waals surface area contributed by atoms with Gasteiger partial charge in [0.1, 0.15) is 24.9 Å². The molecule has 0 radical (unpaired) electrons. The van der Waals surface area contributed by atoms with Gasteiger partial charge in [-0.1, -0.05) is 30.3 Å². The Labute approximate surface area is 166 Å². The molecule has 2 aromatic carbocycles. The lowest BCUT2D eigenvalue weighted by molar-refractivity contribution is -0.112. The van der Waals surface area contributed by atoms with Gasteiger partial charge in [-0.25, -0.2) is 0 Å². The van der Waals surface area contributed by atoms with E-state index in [1.807, 2.05) is 48.5 Å². The van der Waals surface area contributed by atoms with Gasteiger partial charge in [0, 0.05) is 21.5 Å². The van der Waals surface area contributed by atoms with Gasteiger partial charge in [-0.2, -0.15) is 5.26 Å². The molecular weight excluding hydrogens is 372 g/mol. The van der Waals surface area contributed by atoms with Crippen LogP contribution < -0.4 is 14.8 Å². The van der Waals surface area contributed by atoms with Crippen LogP contribution in [0.5, 0.6) is 11.5 Å². The van der Waals surface area contributed by atoms with Crippen molar-refractivity contribution in [2.75, 3.05) is 18.5 Å². The van der Waals surface area contributed by atoms with E-state index in [4.69, 9.17) is 9.47 Å². The Morgan fingerprint density at radius 1 is 1.04 bits per heavy atom. The van der Waals surface area contributed by atoms with Gasteiger partial charge in [-0.05, 0) is 35.9 Å². The standard InChI is InChI=1S/C22H16N2O3S/c23-14-16(12-18-7-9-21(28-18)15-4-2-1-3-5-15)22(25)24-17-6-8-19-20(13-17)27-11-10-26-19/h1-9,12-13H,10-11H2,(H,24,25). The summed E-state index contributed by atoms with van der Waals surface area (Å²) in [6, 6.07) is 21.0. The molecule has 1 aromatic heterocycles. The van der Waals surface area contributed by atoms with Crippen LogP contribution in [0.1, 0.15) is 4.88 Å². The topological polar surface area (TPSA) is 71.4 Å². The molecule has 0 saturated heterocycles. The van der Waals surface area contributed by atoms with Crippen LogP contribution in [0.2, 0.25) is 0 Å². The predicted octanol–water partition coefficient (Wildman–Crippen LogP) is 4.73. The minimum Gasteiger partial charge on any atom is -0.486 e.